The van der Waals surface area contributed by atoms with Gasteiger partial charge in [0.2, 0.25) is 0 Å². The van der Waals surface area contributed by atoms with Gasteiger partial charge in [-0.1, -0.05) is 76.6 Å². The Bertz CT molecular complexity index is 1490. The second-order valence-corrected chi connectivity index (χ2v) is 8.81. The predicted octanol–water partition coefficient (Wildman–Crippen LogP) is 5.85. The van der Waals surface area contributed by atoms with Gasteiger partial charge >= 0.3 is 6.03 Å². The largest absolute Gasteiger partial charge is 0.488 e. The number of carbonyl (C=O) groups excluding carboxylic acids is 3. The number of ether oxygens (including phenoxy) is 1. The van der Waals surface area contributed by atoms with Crippen molar-refractivity contribution in [2.24, 2.45) is 0 Å². The molecule has 7 heteroatoms. The van der Waals surface area contributed by atoms with Gasteiger partial charge in [0.25, 0.3) is 11.8 Å². The molecule has 1 saturated heterocycles. The Balaban J connectivity index is 1.45. The highest BCUT2D eigenvalue weighted by Gasteiger charge is 2.36. The van der Waals surface area contributed by atoms with E-state index < -0.39 is 17.8 Å². The summed E-state index contributed by atoms with van der Waals surface area (Å²) in [6, 6.07) is 27.1. The van der Waals surface area contributed by atoms with Gasteiger partial charge in [-0.2, -0.15) is 0 Å². The summed E-state index contributed by atoms with van der Waals surface area (Å²) in [6.07, 6.45) is 1.45. The van der Waals surface area contributed by atoms with E-state index in [2.05, 4.69) is 21.2 Å². The molecule has 4 amide bonds. The fourth-order valence-corrected chi connectivity index (χ4v) is 4.21. The first-order chi connectivity index (χ1) is 17.0. The first kappa shape index (κ1) is 22.6. The number of nitrogens with zero attached hydrogens (tertiary/aromatic N) is 1. The quantitative estimate of drug-likeness (QED) is 0.261. The van der Waals surface area contributed by atoms with Gasteiger partial charge in [-0.3, -0.25) is 14.9 Å². The van der Waals surface area contributed by atoms with Crippen molar-refractivity contribution >= 4 is 56.3 Å². The third-order valence-corrected chi connectivity index (χ3v) is 6.20. The van der Waals surface area contributed by atoms with Crippen molar-refractivity contribution in [1.82, 2.24) is 5.32 Å². The highest BCUT2D eigenvalue weighted by molar-refractivity contribution is 9.10. The van der Waals surface area contributed by atoms with Gasteiger partial charge in [0, 0.05) is 10.0 Å². The molecule has 4 aromatic rings. The molecule has 0 aromatic heterocycles. The van der Waals surface area contributed by atoms with Crippen LogP contribution < -0.4 is 15.0 Å². The monoisotopic (exact) mass is 526 g/mol. The Morgan fingerprint density at radius 2 is 1.54 bits per heavy atom. The lowest BCUT2D eigenvalue weighted by Gasteiger charge is -2.26. The number of fused-ring (bicyclic) bond motifs is 1. The number of halogens is 1. The number of benzene rings is 4. The van der Waals surface area contributed by atoms with E-state index in [1.807, 2.05) is 48.5 Å². The molecule has 0 unspecified atom stereocenters. The Morgan fingerprint density at radius 1 is 0.829 bits per heavy atom. The van der Waals surface area contributed by atoms with E-state index in [1.165, 1.54) is 6.08 Å². The number of nitrogens with one attached hydrogen (secondary N) is 1. The van der Waals surface area contributed by atoms with Crippen LogP contribution in [0.1, 0.15) is 11.1 Å². The Morgan fingerprint density at radius 3 is 2.37 bits per heavy atom. The number of imide groups is 2. The molecule has 0 atom stereocenters. The number of para-hydroxylation sites is 1. The van der Waals surface area contributed by atoms with Crippen molar-refractivity contribution < 1.29 is 19.1 Å². The molecule has 1 aliphatic heterocycles. The van der Waals surface area contributed by atoms with Gasteiger partial charge in [-0.15, -0.1) is 0 Å². The lowest BCUT2D eigenvalue weighted by Crippen LogP contribution is -2.54. The first-order valence-electron chi connectivity index (χ1n) is 10.9. The molecule has 0 spiro atoms. The number of amides is 4. The lowest BCUT2D eigenvalue weighted by molar-refractivity contribution is -0.122. The van der Waals surface area contributed by atoms with Crippen LogP contribution in [0.2, 0.25) is 0 Å². The van der Waals surface area contributed by atoms with Gasteiger partial charge in [0.1, 0.15) is 17.9 Å². The maximum atomic E-state index is 13.2. The predicted molar refractivity (Wildman–Crippen MR) is 138 cm³/mol. The fourth-order valence-electron chi connectivity index (χ4n) is 3.94. The van der Waals surface area contributed by atoms with Crippen LogP contribution in [0.4, 0.5) is 10.5 Å². The van der Waals surface area contributed by atoms with Crippen LogP contribution in [0.25, 0.3) is 16.8 Å². The molecular weight excluding hydrogens is 508 g/mol. The second-order valence-electron chi connectivity index (χ2n) is 7.90. The highest BCUT2D eigenvalue weighted by Crippen LogP contribution is 2.27. The smallest absolute Gasteiger partial charge is 0.335 e. The molecule has 172 valence electrons. The van der Waals surface area contributed by atoms with Crippen LogP contribution in [0.15, 0.2) is 101 Å². The van der Waals surface area contributed by atoms with Gasteiger partial charge in [-0.05, 0) is 52.7 Å². The standard InChI is InChI=1S/C28H19BrN2O4/c29-21-12-14-22(15-13-21)31-27(33)24(26(32)30-28(31)34)16-19-7-2-4-11-25(19)35-17-20-9-5-8-18-6-1-3-10-23(18)20/h1-16H,17H2,(H,30,32,34)/b24-16+. The molecule has 0 radical (unpaired) electrons. The normalized spacial score (nSPS) is 14.9. The Kier molecular flexibility index (Phi) is 6.16. The van der Waals surface area contributed by atoms with Gasteiger partial charge in [0.05, 0.1) is 5.69 Å². The zero-order chi connectivity index (χ0) is 24.4. The number of anilines is 1. The first-order valence-corrected chi connectivity index (χ1v) is 11.7. The highest BCUT2D eigenvalue weighted by atomic mass is 79.9. The van der Waals surface area contributed by atoms with E-state index in [0.29, 0.717) is 23.6 Å². The molecule has 1 aliphatic rings. The second kappa shape index (κ2) is 9.56. The van der Waals surface area contributed by atoms with E-state index in [0.717, 1.165) is 25.7 Å². The topological polar surface area (TPSA) is 75.7 Å². The summed E-state index contributed by atoms with van der Waals surface area (Å²) in [6.45, 7) is 0.311. The van der Waals surface area contributed by atoms with Gasteiger partial charge in [0.15, 0.2) is 0 Å². The van der Waals surface area contributed by atoms with Crippen LogP contribution >= 0.6 is 15.9 Å². The Hall–Kier alpha value is -4.23. The van der Waals surface area contributed by atoms with Crippen molar-refractivity contribution in [1.29, 1.82) is 0 Å². The zero-order valence-corrected chi connectivity index (χ0v) is 20.0. The summed E-state index contributed by atoms with van der Waals surface area (Å²) in [4.78, 5) is 39.2. The number of rotatable bonds is 5. The fraction of sp³-hybridized carbons (Fsp3) is 0.0357. The number of barbiturate groups is 1. The molecule has 0 saturated carbocycles. The average molecular weight is 527 g/mol. The van der Waals surface area contributed by atoms with E-state index in [-0.39, 0.29) is 5.57 Å². The van der Waals surface area contributed by atoms with Crippen molar-refractivity contribution in [2.45, 2.75) is 6.61 Å². The molecular formula is C28H19BrN2O4. The Labute approximate surface area is 209 Å². The van der Waals surface area contributed by atoms with Crippen molar-refractivity contribution in [3.05, 3.63) is 112 Å². The van der Waals surface area contributed by atoms with Crippen molar-refractivity contribution in [3.63, 3.8) is 0 Å². The van der Waals surface area contributed by atoms with Crippen molar-refractivity contribution in [2.75, 3.05) is 4.90 Å². The molecule has 5 rings (SSSR count). The van der Waals surface area contributed by atoms with Crippen LogP contribution in [-0.2, 0) is 16.2 Å². The third-order valence-electron chi connectivity index (χ3n) is 5.67. The van der Waals surface area contributed by atoms with E-state index in [1.54, 1.807) is 42.5 Å². The molecule has 6 nitrogen and oxygen atoms in total. The number of hydrogen-bond donors (Lipinski definition) is 1. The summed E-state index contributed by atoms with van der Waals surface area (Å²) in [5.41, 5.74) is 1.77. The maximum Gasteiger partial charge on any atom is 0.335 e. The molecule has 1 N–H and O–H groups in total. The summed E-state index contributed by atoms with van der Waals surface area (Å²) in [7, 11) is 0. The van der Waals surface area contributed by atoms with Crippen LogP contribution in [0, 0.1) is 0 Å². The molecule has 4 aromatic carbocycles. The van der Waals surface area contributed by atoms with Crippen molar-refractivity contribution in [3.8, 4) is 5.75 Å². The SMILES string of the molecule is O=C1NC(=O)N(c2ccc(Br)cc2)C(=O)/C1=C/c1ccccc1OCc1cccc2ccccc12. The summed E-state index contributed by atoms with van der Waals surface area (Å²) >= 11 is 3.33. The molecule has 0 aliphatic carbocycles. The van der Waals surface area contributed by atoms with Crippen LogP contribution in [0.3, 0.4) is 0 Å². The minimum Gasteiger partial charge on any atom is -0.488 e. The summed E-state index contributed by atoms with van der Waals surface area (Å²) in [5, 5.41) is 4.46. The maximum absolute atomic E-state index is 13.2. The molecule has 1 heterocycles. The third kappa shape index (κ3) is 4.58. The summed E-state index contributed by atoms with van der Waals surface area (Å²) < 4.78 is 6.92. The number of hydrogen-bond acceptors (Lipinski definition) is 4. The van der Waals surface area contributed by atoms with Gasteiger partial charge < -0.3 is 4.74 Å². The van der Waals surface area contributed by atoms with E-state index >= 15 is 0 Å². The molecule has 0 bridgehead atoms. The van der Waals surface area contributed by atoms with Crippen LogP contribution in [0.5, 0.6) is 5.75 Å². The van der Waals surface area contributed by atoms with E-state index in [9.17, 15) is 14.4 Å². The lowest BCUT2D eigenvalue weighted by atomic mass is 10.0. The zero-order valence-electron chi connectivity index (χ0n) is 18.4. The average Bonchev–Trinajstić information content (AvgIpc) is 2.87. The number of urea groups is 1. The summed E-state index contributed by atoms with van der Waals surface area (Å²) in [5.74, 6) is -0.942. The molecule has 35 heavy (non-hydrogen) atoms. The number of carbonyl (C=O) groups is 3. The van der Waals surface area contributed by atoms with Crippen LogP contribution in [-0.4, -0.2) is 17.8 Å². The molecule has 1 fully saturated rings. The minimum absolute atomic E-state index is 0.159. The van der Waals surface area contributed by atoms with E-state index in [4.69, 9.17) is 4.74 Å². The van der Waals surface area contributed by atoms with Gasteiger partial charge in [-0.25, -0.2) is 9.69 Å². The minimum atomic E-state index is -0.792.